The van der Waals surface area contributed by atoms with Crippen molar-refractivity contribution in [3.05, 3.63) is 83.0 Å². The molecule has 176 valence electrons. The number of nitrogens with one attached hydrogen (secondary N) is 1. The monoisotopic (exact) mass is 493 g/mol. The SMILES string of the molecule is Cc1ccc(NC(=O)CSc2nc(Cl)cc(N3CCN(C/C=C/c4ccccc4)CC3)n2)cc1. The average Bonchev–Trinajstić information content (AvgIpc) is 2.85. The molecule has 0 spiro atoms. The summed E-state index contributed by atoms with van der Waals surface area (Å²) in [7, 11) is 0. The maximum absolute atomic E-state index is 12.3. The van der Waals surface area contributed by atoms with Gasteiger partial charge in [-0.2, -0.15) is 0 Å². The van der Waals surface area contributed by atoms with Gasteiger partial charge in [0.25, 0.3) is 0 Å². The number of amides is 1. The lowest BCUT2D eigenvalue weighted by atomic mass is 10.2. The van der Waals surface area contributed by atoms with Crippen molar-refractivity contribution in [2.45, 2.75) is 12.1 Å². The summed E-state index contributed by atoms with van der Waals surface area (Å²) in [5, 5.41) is 3.79. The van der Waals surface area contributed by atoms with Crippen LogP contribution in [0.5, 0.6) is 0 Å². The Hall–Kier alpha value is -2.87. The number of aromatic nitrogens is 2. The highest BCUT2D eigenvalue weighted by molar-refractivity contribution is 7.99. The van der Waals surface area contributed by atoms with Crippen molar-refractivity contribution in [3.8, 4) is 0 Å². The van der Waals surface area contributed by atoms with E-state index in [2.05, 4.69) is 49.4 Å². The van der Waals surface area contributed by atoms with Crippen molar-refractivity contribution < 1.29 is 4.79 Å². The topological polar surface area (TPSA) is 61.4 Å². The number of benzene rings is 2. The molecule has 1 fully saturated rings. The molecule has 6 nitrogen and oxygen atoms in total. The third-order valence-electron chi connectivity index (χ3n) is 5.50. The summed E-state index contributed by atoms with van der Waals surface area (Å²) in [6.07, 6.45) is 4.37. The van der Waals surface area contributed by atoms with E-state index in [1.54, 1.807) is 6.07 Å². The molecule has 3 aromatic rings. The summed E-state index contributed by atoms with van der Waals surface area (Å²) < 4.78 is 0. The summed E-state index contributed by atoms with van der Waals surface area (Å²) in [4.78, 5) is 25.9. The van der Waals surface area contributed by atoms with E-state index < -0.39 is 0 Å². The third kappa shape index (κ3) is 7.32. The molecule has 0 unspecified atom stereocenters. The molecule has 1 saturated heterocycles. The fourth-order valence-corrected chi connectivity index (χ4v) is 4.52. The zero-order valence-corrected chi connectivity index (χ0v) is 20.7. The van der Waals surface area contributed by atoms with E-state index in [4.69, 9.17) is 11.6 Å². The fourth-order valence-electron chi connectivity index (χ4n) is 3.64. The minimum atomic E-state index is -0.101. The van der Waals surface area contributed by atoms with Gasteiger partial charge in [0.1, 0.15) is 11.0 Å². The largest absolute Gasteiger partial charge is 0.354 e. The molecule has 1 N–H and O–H groups in total. The standard InChI is InChI=1S/C26H28ClN5OS/c1-20-9-11-22(12-10-20)28-25(33)19-34-26-29-23(27)18-24(30-26)32-16-14-31(15-17-32)13-5-8-21-6-3-2-4-7-21/h2-12,18H,13-17,19H2,1H3,(H,28,33)/b8-5+. The van der Waals surface area contributed by atoms with Crippen LogP contribution in [0.4, 0.5) is 11.5 Å². The number of piperazine rings is 1. The van der Waals surface area contributed by atoms with Crippen molar-refractivity contribution in [1.82, 2.24) is 14.9 Å². The van der Waals surface area contributed by atoms with E-state index in [0.717, 1.165) is 49.8 Å². The summed E-state index contributed by atoms with van der Waals surface area (Å²) in [6, 6.07) is 19.9. The number of halogens is 1. The number of hydrogen-bond acceptors (Lipinski definition) is 6. The van der Waals surface area contributed by atoms with Crippen LogP contribution in [0.25, 0.3) is 6.08 Å². The Morgan fingerprint density at radius 2 is 1.79 bits per heavy atom. The number of carbonyl (C=O) groups is 1. The molecule has 0 bridgehead atoms. The van der Waals surface area contributed by atoms with E-state index >= 15 is 0 Å². The van der Waals surface area contributed by atoms with Gasteiger partial charge in [-0.15, -0.1) is 0 Å². The Morgan fingerprint density at radius 3 is 2.53 bits per heavy atom. The van der Waals surface area contributed by atoms with Gasteiger partial charge in [-0.05, 0) is 24.6 Å². The maximum Gasteiger partial charge on any atom is 0.234 e. The summed E-state index contributed by atoms with van der Waals surface area (Å²) in [5.41, 5.74) is 3.14. The highest BCUT2D eigenvalue weighted by Crippen LogP contribution is 2.23. The van der Waals surface area contributed by atoms with Gasteiger partial charge in [0.2, 0.25) is 5.91 Å². The quantitative estimate of drug-likeness (QED) is 0.270. The van der Waals surface area contributed by atoms with Crippen LogP contribution in [-0.2, 0) is 4.79 Å². The van der Waals surface area contributed by atoms with Gasteiger partial charge in [-0.1, -0.05) is 83.5 Å². The van der Waals surface area contributed by atoms with Gasteiger partial charge in [-0.3, -0.25) is 9.69 Å². The lowest BCUT2D eigenvalue weighted by molar-refractivity contribution is -0.113. The van der Waals surface area contributed by atoms with Crippen LogP contribution in [0, 0.1) is 6.92 Å². The second-order valence-electron chi connectivity index (χ2n) is 8.14. The molecule has 8 heteroatoms. The van der Waals surface area contributed by atoms with Crippen molar-refractivity contribution in [2.75, 3.05) is 48.7 Å². The summed E-state index contributed by atoms with van der Waals surface area (Å²) in [6.45, 7) is 6.56. The highest BCUT2D eigenvalue weighted by atomic mass is 35.5. The van der Waals surface area contributed by atoms with Gasteiger partial charge in [0, 0.05) is 44.5 Å². The number of rotatable bonds is 8. The lowest BCUT2D eigenvalue weighted by Crippen LogP contribution is -2.46. The van der Waals surface area contributed by atoms with E-state index in [-0.39, 0.29) is 11.7 Å². The first-order valence-electron chi connectivity index (χ1n) is 11.3. The minimum Gasteiger partial charge on any atom is -0.354 e. The molecule has 34 heavy (non-hydrogen) atoms. The Bertz CT molecular complexity index is 1120. The van der Waals surface area contributed by atoms with Crippen molar-refractivity contribution in [3.63, 3.8) is 0 Å². The van der Waals surface area contributed by atoms with Gasteiger partial charge in [0.05, 0.1) is 5.75 Å². The lowest BCUT2D eigenvalue weighted by Gasteiger charge is -2.35. The first-order valence-corrected chi connectivity index (χ1v) is 12.6. The number of thioether (sulfide) groups is 1. The molecule has 2 aromatic carbocycles. The van der Waals surface area contributed by atoms with Crippen LogP contribution in [-0.4, -0.2) is 59.3 Å². The highest BCUT2D eigenvalue weighted by Gasteiger charge is 2.19. The van der Waals surface area contributed by atoms with Gasteiger partial charge in [0.15, 0.2) is 5.16 Å². The van der Waals surface area contributed by atoms with Crippen LogP contribution < -0.4 is 10.2 Å². The number of nitrogens with zero attached hydrogens (tertiary/aromatic N) is 4. The number of anilines is 2. The van der Waals surface area contributed by atoms with E-state index in [0.29, 0.717) is 10.3 Å². The van der Waals surface area contributed by atoms with E-state index in [1.165, 1.54) is 17.3 Å². The summed E-state index contributed by atoms with van der Waals surface area (Å²) in [5.74, 6) is 0.923. The normalized spacial score (nSPS) is 14.5. The van der Waals surface area contributed by atoms with Crippen molar-refractivity contribution >= 4 is 46.9 Å². The van der Waals surface area contributed by atoms with Crippen molar-refractivity contribution in [1.29, 1.82) is 0 Å². The van der Waals surface area contributed by atoms with Gasteiger partial charge >= 0.3 is 0 Å². The molecular formula is C26H28ClN5OS. The average molecular weight is 494 g/mol. The fraction of sp³-hybridized carbons (Fsp3) is 0.269. The maximum atomic E-state index is 12.3. The van der Waals surface area contributed by atoms with Crippen molar-refractivity contribution in [2.24, 2.45) is 0 Å². The number of hydrogen-bond donors (Lipinski definition) is 1. The van der Waals surface area contributed by atoms with Gasteiger partial charge in [-0.25, -0.2) is 9.97 Å². The second-order valence-corrected chi connectivity index (χ2v) is 9.46. The molecule has 1 aliphatic rings. The Balaban J connectivity index is 1.27. The Labute approximate surface area is 210 Å². The molecule has 1 amide bonds. The van der Waals surface area contributed by atoms with Crippen LogP contribution in [0.15, 0.2) is 71.9 Å². The predicted octanol–water partition coefficient (Wildman–Crippen LogP) is 5.00. The first-order chi connectivity index (χ1) is 16.5. The zero-order chi connectivity index (χ0) is 23.8. The van der Waals surface area contributed by atoms with Crippen LogP contribution in [0.3, 0.4) is 0 Å². The van der Waals surface area contributed by atoms with Crippen LogP contribution >= 0.6 is 23.4 Å². The molecule has 0 radical (unpaired) electrons. The smallest absolute Gasteiger partial charge is 0.234 e. The molecule has 0 aliphatic carbocycles. The molecule has 0 saturated carbocycles. The Kier molecular flexibility index (Phi) is 8.57. The van der Waals surface area contributed by atoms with Crippen LogP contribution in [0.1, 0.15) is 11.1 Å². The molecule has 4 rings (SSSR count). The Morgan fingerprint density at radius 1 is 1.06 bits per heavy atom. The number of carbonyl (C=O) groups excluding carboxylic acids is 1. The molecule has 2 heterocycles. The molecular weight excluding hydrogens is 466 g/mol. The predicted molar refractivity (Wildman–Crippen MR) is 142 cm³/mol. The minimum absolute atomic E-state index is 0.101. The van der Waals surface area contributed by atoms with E-state index in [1.807, 2.05) is 49.4 Å². The van der Waals surface area contributed by atoms with Gasteiger partial charge < -0.3 is 10.2 Å². The molecule has 0 atom stereocenters. The molecule has 1 aromatic heterocycles. The molecule has 1 aliphatic heterocycles. The first kappa shape index (κ1) is 24.3. The second kappa shape index (κ2) is 12.0. The summed E-state index contributed by atoms with van der Waals surface area (Å²) >= 11 is 7.56. The number of aryl methyl sites for hydroxylation is 1. The van der Waals surface area contributed by atoms with Crippen LogP contribution in [0.2, 0.25) is 5.15 Å². The zero-order valence-electron chi connectivity index (χ0n) is 19.2. The van der Waals surface area contributed by atoms with E-state index in [9.17, 15) is 4.79 Å². The third-order valence-corrected chi connectivity index (χ3v) is 6.54.